The average Bonchev–Trinajstić information content (AvgIpc) is 3.38. The largest absolute Gasteiger partial charge is 0.482 e. The molecule has 1 heterocycles. The summed E-state index contributed by atoms with van der Waals surface area (Å²) < 4.78 is 61.2. The van der Waals surface area contributed by atoms with E-state index in [1.165, 1.54) is 58.9 Å². The van der Waals surface area contributed by atoms with Gasteiger partial charge in [-0.25, -0.2) is 16.8 Å². The summed E-state index contributed by atoms with van der Waals surface area (Å²) in [4.78, 5) is 12.7. The smallest absolute Gasteiger partial charge is 0.264 e. The van der Waals surface area contributed by atoms with Gasteiger partial charge in [-0.05, 0) is 90.8 Å². The molecular formula is C28H22Cl3N3O6S2. The number of hydrogen-bond donors (Lipinski definition) is 2. The number of nitrogens with zero attached hydrogens (tertiary/aromatic N) is 1. The third-order valence-corrected chi connectivity index (χ3v) is 10.3. The minimum absolute atomic E-state index is 0.0117. The van der Waals surface area contributed by atoms with Gasteiger partial charge in [0.15, 0.2) is 6.61 Å². The topological polar surface area (TPSA) is 122 Å². The van der Waals surface area contributed by atoms with E-state index < -0.39 is 32.6 Å². The van der Waals surface area contributed by atoms with Crippen LogP contribution in [-0.2, 0) is 31.3 Å². The molecule has 0 fully saturated rings. The lowest BCUT2D eigenvalue weighted by Crippen LogP contribution is -2.29. The molecular weight excluding hydrogens is 645 g/mol. The molecule has 218 valence electrons. The molecule has 1 amide bonds. The lowest BCUT2D eigenvalue weighted by atomic mass is 10.1. The molecule has 4 aromatic rings. The first-order valence-electron chi connectivity index (χ1n) is 12.3. The van der Waals surface area contributed by atoms with Crippen LogP contribution in [0.4, 0.5) is 17.1 Å². The Morgan fingerprint density at radius 2 is 1.40 bits per heavy atom. The Labute approximate surface area is 258 Å². The third-order valence-electron chi connectivity index (χ3n) is 6.29. The second-order valence-corrected chi connectivity index (χ2v) is 14.0. The summed E-state index contributed by atoms with van der Waals surface area (Å²) >= 11 is 18.0. The second kappa shape index (κ2) is 12.0. The van der Waals surface area contributed by atoms with Crippen molar-refractivity contribution in [1.29, 1.82) is 0 Å². The van der Waals surface area contributed by atoms with Gasteiger partial charge in [0.25, 0.3) is 26.0 Å². The lowest BCUT2D eigenvalue weighted by molar-refractivity contribution is -0.118. The van der Waals surface area contributed by atoms with E-state index in [0.717, 1.165) is 5.56 Å². The molecule has 1 aliphatic rings. The van der Waals surface area contributed by atoms with Crippen LogP contribution in [0.1, 0.15) is 5.56 Å². The number of carbonyl (C=O) groups excluding carboxylic acids is 1. The van der Waals surface area contributed by atoms with E-state index in [2.05, 4.69) is 10.0 Å². The SMILES string of the molecule is O=C(COc1ccc(S(=O)(=O)Nc2ccc(Cl)cc2)cc1Cl)Nc1ccc2c(c1)N(S(=O)(=O)c1ccc(Cl)cc1)CC2. The number of fused-ring (bicyclic) bond motifs is 1. The van der Waals surface area contributed by atoms with Gasteiger partial charge in [-0.3, -0.25) is 13.8 Å². The normalized spacial score (nSPS) is 13.0. The fourth-order valence-corrected chi connectivity index (χ4v) is 7.38. The van der Waals surface area contributed by atoms with Crippen LogP contribution in [0.25, 0.3) is 0 Å². The van der Waals surface area contributed by atoms with Crippen LogP contribution in [0.15, 0.2) is 94.7 Å². The number of halogens is 3. The minimum atomic E-state index is -3.94. The Hall–Kier alpha value is -3.48. The highest BCUT2D eigenvalue weighted by Gasteiger charge is 2.31. The van der Waals surface area contributed by atoms with Crippen LogP contribution in [0.5, 0.6) is 5.75 Å². The fraction of sp³-hybridized carbons (Fsp3) is 0.107. The predicted octanol–water partition coefficient (Wildman–Crippen LogP) is 6.22. The molecule has 0 aromatic heterocycles. The van der Waals surface area contributed by atoms with Gasteiger partial charge in [-0.15, -0.1) is 0 Å². The van der Waals surface area contributed by atoms with Crippen molar-refractivity contribution in [1.82, 2.24) is 0 Å². The van der Waals surface area contributed by atoms with Crippen molar-refractivity contribution in [3.8, 4) is 5.75 Å². The first kappa shape index (κ1) is 30.0. The predicted molar refractivity (Wildman–Crippen MR) is 164 cm³/mol. The van der Waals surface area contributed by atoms with Gasteiger partial charge in [-0.1, -0.05) is 40.9 Å². The molecule has 0 unspecified atom stereocenters. The highest BCUT2D eigenvalue weighted by Crippen LogP contribution is 2.35. The monoisotopic (exact) mass is 665 g/mol. The highest BCUT2D eigenvalue weighted by atomic mass is 35.5. The van der Waals surface area contributed by atoms with Crippen LogP contribution >= 0.6 is 34.8 Å². The zero-order valence-corrected chi connectivity index (χ0v) is 25.5. The van der Waals surface area contributed by atoms with Gasteiger partial charge in [0.05, 0.1) is 20.5 Å². The number of sulfonamides is 2. The lowest BCUT2D eigenvalue weighted by Gasteiger charge is -2.20. The van der Waals surface area contributed by atoms with Gasteiger partial charge in [-0.2, -0.15) is 0 Å². The second-order valence-electron chi connectivity index (χ2n) is 9.17. The van der Waals surface area contributed by atoms with Crippen LogP contribution in [0.2, 0.25) is 15.1 Å². The number of nitrogens with one attached hydrogen (secondary N) is 2. The van der Waals surface area contributed by atoms with Crippen LogP contribution in [0, 0.1) is 0 Å². The molecule has 42 heavy (non-hydrogen) atoms. The van der Waals surface area contributed by atoms with Crippen molar-refractivity contribution in [3.05, 3.63) is 106 Å². The van der Waals surface area contributed by atoms with Crippen molar-refractivity contribution in [2.75, 3.05) is 27.5 Å². The molecule has 9 nitrogen and oxygen atoms in total. The maximum absolute atomic E-state index is 13.2. The summed E-state index contributed by atoms with van der Waals surface area (Å²) in [5.41, 5.74) is 2.00. The maximum atomic E-state index is 13.2. The molecule has 14 heteroatoms. The number of benzene rings is 4. The van der Waals surface area contributed by atoms with E-state index in [9.17, 15) is 21.6 Å². The summed E-state index contributed by atoms with van der Waals surface area (Å²) in [5, 5.41) is 3.57. The molecule has 1 aliphatic heterocycles. The summed E-state index contributed by atoms with van der Waals surface area (Å²) in [6, 6.07) is 21.0. The minimum Gasteiger partial charge on any atom is -0.482 e. The molecule has 0 radical (unpaired) electrons. The van der Waals surface area contributed by atoms with Crippen molar-refractivity contribution >= 4 is 77.8 Å². The Balaban J connectivity index is 1.23. The molecule has 0 bridgehead atoms. The Morgan fingerprint density at radius 1 is 0.786 bits per heavy atom. The first-order valence-corrected chi connectivity index (χ1v) is 16.4. The van der Waals surface area contributed by atoms with Gasteiger partial charge in [0.2, 0.25) is 0 Å². The van der Waals surface area contributed by atoms with Gasteiger partial charge in [0, 0.05) is 28.0 Å². The number of carbonyl (C=O) groups is 1. The van der Waals surface area contributed by atoms with Gasteiger partial charge < -0.3 is 10.1 Å². The van der Waals surface area contributed by atoms with Crippen molar-refractivity contribution < 1.29 is 26.4 Å². The van der Waals surface area contributed by atoms with E-state index in [0.29, 0.717) is 33.5 Å². The van der Waals surface area contributed by atoms with E-state index in [1.807, 2.05) is 0 Å². The molecule has 0 saturated carbocycles. The van der Waals surface area contributed by atoms with E-state index >= 15 is 0 Å². The van der Waals surface area contributed by atoms with Gasteiger partial charge in [0.1, 0.15) is 5.75 Å². The molecule has 0 aliphatic carbocycles. The van der Waals surface area contributed by atoms with Crippen molar-refractivity contribution in [2.24, 2.45) is 0 Å². The number of rotatable bonds is 9. The van der Waals surface area contributed by atoms with Crippen LogP contribution < -0.4 is 19.1 Å². The van der Waals surface area contributed by atoms with E-state index in [1.54, 1.807) is 30.3 Å². The van der Waals surface area contributed by atoms with Crippen LogP contribution in [0.3, 0.4) is 0 Å². The Bertz CT molecular complexity index is 1870. The highest BCUT2D eigenvalue weighted by molar-refractivity contribution is 7.93. The van der Waals surface area contributed by atoms with Gasteiger partial charge >= 0.3 is 0 Å². The number of hydrogen-bond acceptors (Lipinski definition) is 6. The van der Waals surface area contributed by atoms with Crippen molar-refractivity contribution in [3.63, 3.8) is 0 Å². The summed E-state index contributed by atoms with van der Waals surface area (Å²) in [6.07, 6.45) is 0.527. The molecule has 0 saturated heterocycles. The van der Waals surface area contributed by atoms with Crippen molar-refractivity contribution in [2.45, 2.75) is 16.2 Å². The maximum Gasteiger partial charge on any atom is 0.264 e. The number of amides is 1. The summed E-state index contributed by atoms with van der Waals surface area (Å²) in [6.45, 7) is -0.168. The van der Waals surface area contributed by atoms with Crippen LogP contribution in [-0.4, -0.2) is 35.9 Å². The zero-order chi connectivity index (χ0) is 30.1. The van der Waals surface area contributed by atoms with E-state index in [4.69, 9.17) is 39.5 Å². The average molecular weight is 667 g/mol. The molecule has 5 rings (SSSR count). The fourth-order valence-electron chi connectivity index (χ4n) is 4.25. The standard InChI is InChI=1S/C28H22Cl3N3O6S2/c29-19-2-7-21(8-3-19)33-41(36,37)24-11-12-27(25(31)16-24)40-17-28(35)32-22-6-1-18-13-14-34(26(18)15-22)42(38,39)23-9-4-20(30)5-10-23/h1-12,15-16,33H,13-14,17H2,(H,32,35). The number of anilines is 3. The third kappa shape index (κ3) is 6.61. The summed E-state index contributed by atoms with van der Waals surface area (Å²) in [7, 11) is -7.77. The Morgan fingerprint density at radius 3 is 2.07 bits per heavy atom. The molecule has 0 atom stereocenters. The molecule has 4 aromatic carbocycles. The molecule has 0 spiro atoms. The molecule has 2 N–H and O–H groups in total. The zero-order valence-electron chi connectivity index (χ0n) is 21.6. The first-order chi connectivity index (χ1) is 19.9. The quantitative estimate of drug-likeness (QED) is 0.219. The summed E-state index contributed by atoms with van der Waals surface area (Å²) in [5.74, 6) is -0.427. The number of ether oxygens (including phenoxy) is 1. The van der Waals surface area contributed by atoms with E-state index in [-0.39, 0.29) is 27.1 Å². The Kier molecular flexibility index (Phi) is 8.58.